The van der Waals surface area contributed by atoms with Gasteiger partial charge in [-0.25, -0.2) is 0 Å². The van der Waals surface area contributed by atoms with Crippen LogP contribution in [-0.4, -0.2) is 37.6 Å². The Hall–Kier alpha value is -0.0800. The summed E-state index contributed by atoms with van der Waals surface area (Å²) in [5, 5.41) is 3.63. The molecule has 0 aliphatic carbocycles. The first-order chi connectivity index (χ1) is 8.39. The molecule has 0 aromatic rings. The summed E-state index contributed by atoms with van der Waals surface area (Å²) in [7, 11) is 2.28. The van der Waals surface area contributed by atoms with Crippen LogP contribution in [0.5, 0.6) is 0 Å². The molecular formula is C16H36N2. The van der Waals surface area contributed by atoms with E-state index in [9.17, 15) is 0 Å². The second kappa shape index (κ2) is 8.92. The zero-order valence-electron chi connectivity index (χ0n) is 13.8. The number of nitrogens with one attached hydrogen (secondary N) is 1. The molecule has 1 atom stereocenters. The summed E-state index contributed by atoms with van der Waals surface area (Å²) in [6, 6.07) is 0.586. The highest BCUT2D eigenvalue weighted by Gasteiger charge is 2.27. The van der Waals surface area contributed by atoms with Crippen LogP contribution in [0.4, 0.5) is 0 Å². The van der Waals surface area contributed by atoms with E-state index in [1.54, 1.807) is 0 Å². The van der Waals surface area contributed by atoms with Crippen molar-refractivity contribution in [3.8, 4) is 0 Å². The van der Waals surface area contributed by atoms with Crippen LogP contribution in [0.25, 0.3) is 0 Å². The second-order valence-electron chi connectivity index (χ2n) is 6.45. The first kappa shape index (κ1) is 17.9. The van der Waals surface area contributed by atoms with E-state index in [1.165, 1.54) is 32.4 Å². The minimum absolute atomic E-state index is 0.437. The van der Waals surface area contributed by atoms with Crippen molar-refractivity contribution in [3.05, 3.63) is 0 Å². The minimum Gasteiger partial charge on any atom is -0.314 e. The van der Waals surface area contributed by atoms with Crippen LogP contribution < -0.4 is 5.32 Å². The Bertz CT molecular complexity index is 197. The van der Waals surface area contributed by atoms with Gasteiger partial charge in [-0.3, -0.25) is 0 Å². The fourth-order valence-corrected chi connectivity index (χ4v) is 2.50. The normalized spacial score (nSPS) is 14.5. The van der Waals surface area contributed by atoms with Gasteiger partial charge in [-0.05, 0) is 31.2 Å². The average molecular weight is 256 g/mol. The third-order valence-corrected chi connectivity index (χ3v) is 4.31. The van der Waals surface area contributed by atoms with Crippen LogP contribution in [0.1, 0.15) is 60.8 Å². The highest BCUT2D eigenvalue weighted by atomic mass is 15.1. The van der Waals surface area contributed by atoms with Gasteiger partial charge in [-0.1, -0.05) is 48.0 Å². The molecule has 110 valence electrons. The molecule has 1 unspecified atom stereocenters. The van der Waals surface area contributed by atoms with Crippen molar-refractivity contribution in [2.75, 3.05) is 26.7 Å². The molecule has 18 heavy (non-hydrogen) atoms. The van der Waals surface area contributed by atoms with Gasteiger partial charge in [0.2, 0.25) is 0 Å². The fourth-order valence-electron chi connectivity index (χ4n) is 2.50. The Kier molecular flexibility index (Phi) is 8.89. The van der Waals surface area contributed by atoms with Gasteiger partial charge in [0.15, 0.2) is 0 Å². The molecular weight excluding hydrogens is 220 g/mol. The Morgan fingerprint density at radius 2 is 1.61 bits per heavy atom. The SMILES string of the molecule is CCC(C)CN(C)CC(CC)(CC)CNC(C)C. The number of hydrogen-bond donors (Lipinski definition) is 1. The molecule has 0 spiro atoms. The van der Waals surface area contributed by atoms with E-state index >= 15 is 0 Å². The van der Waals surface area contributed by atoms with E-state index in [2.05, 4.69) is 58.8 Å². The molecule has 0 aliphatic rings. The monoisotopic (exact) mass is 256 g/mol. The van der Waals surface area contributed by atoms with Gasteiger partial charge in [0.1, 0.15) is 0 Å². The van der Waals surface area contributed by atoms with E-state index in [-0.39, 0.29) is 0 Å². The van der Waals surface area contributed by atoms with Crippen molar-refractivity contribution >= 4 is 0 Å². The van der Waals surface area contributed by atoms with E-state index in [0.717, 1.165) is 12.5 Å². The van der Waals surface area contributed by atoms with Gasteiger partial charge >= 0.3 is 0 Å². The molecule has 1 N–H and O–H groups in total. The Labute approximate surface area is 116 Å². The zero-order valence-corrected chi connectivity index (χ0v) is 13.8. The molecule has 0 fully saturated rings. The lowest BCUT2D eigenvalue weighted by Gasteiger charge is -2.37. The molecule has 0 radical (unpaired) electrons. The molecule has 0 bridgehead atoms. The summed E-state index contributed by atoms with van der Waals surface area (Å²) in [5.41, 5.74) is 0.437. The molecule has 0 aliphatic heterocycles. The van der Waals surface area contributed by atoms with Crippen LogP contribution in [0, 0.1) is 11.3 Å². The van der Waals surface area contributed by atoms with Gasteiger partial charge in [0.25, 0.3) is 0 Å². The Balaban J connectivity index is 4.39. The topological polar surface area (TPSA) is 15.3 Å². The van der Waals surface area contributed by atoms with Crippen molar-refractivity contribution in [2.24, 2.45) is 11.3 Å². The summed E-state index contributed by atoms with van der Waals surface area (Å²) in [6.07, 6.45) is 3.79. The third kappa shape index (κ3) is 6.75. The maximum Gasteiger partial charge on any atom is 0.00470 e. The van der Waals surface area contributed by atoms with E-state index < -0.39 is 0 Å². The van der Waals surface area contributed by atoms with Crippen LogP contribution in [0.15, 0.2) is 0 Å². The van der Waals surface area contributed by atoms with Gasteiger partial charge in [0, 0.05) is 25.7 Å². The molecule has 0 saturated carbocycles. The maximum atomic E-state index is 3.63. The molecule has 0 heterocycles. The Morgan fingerprint density at radius 3 is 2.00 bits per heavy atom. The molecule has 0 aromatic heterocycles. The lowest BCUT2D eigenvalue weighted by molar-refractivity contribution is 0.140. The quantitative estimate of drug-likeness (QED) is 0.640. The first-order valence-electron chi connectivity index (χ1n) is 7.81. The van der Waals surface area contributed by atoms with Crippen molar-refractivity contribution in [2.45, 2.75) is 66.8 Å². The zero-order chi connectivity index (χ0) is 14.2. The van der Waals surface area contributed by atoms with Crippen LogP contribution in [-0.2, 0) is 0 Å². The van der Waals surface area contributed by atoms with Crippen LogP contribution >= 0.6 is 0 Å². The van der Waals surface area contributed by atoms with Crippen molar-refractivity contribution < 1.29 is 0 Å². The number of rotatable bonds is 10. The molecule has 0 amide bonds. The summed E-state index contributed by atoms with van der Waals surface area (Å²) >= 11 is 0. The van der Waals surface area contributed by atoms with Crippen molar-refractivity contribution in [1.82, 2.24) is 10.2 Å². The number of hydrogen-bond acceptors (Lipinski definition) is 2. The Morgan fingerprint density at radius 1 is 1.06 bits per heavy atom. The van der Waals surface area contributed by atoms with Gasteiger partial charge in [-0.15, -0.1) is 0 Å². The standard InChI is InChI=1S/C16H36N2/c1-8-15(6)11-18(7)13-16(9-2,10-3)12-17-14(4)5/h14-15,17H,8-13H2,1-7H3. The highest BCUT2D eigenvalue weighted by Crippen LogP contribution is 2.27. The smallest absolute Gasteiger partial charge is 0.00470 e. The second-order valence-corrected chi connectivity index (χ2v) is 6.45. The largest absolute Gasteiger partial charge is 0.314 e. The van der Waals surface area contributed by atoms with E-state index in [4.69, 9.17) is 0 Å². The molecule has 0 saturated heterocycles. The summed E-state index contributed by atoms with van der Waals surface area (Å²) in [4.78, 5) is 2.53. The van der Waals surface area contributed by atoms with E-state index in [1.807, 2.05) is 0 Å². The molecule has 2 heteroatoms. The summed E-state index contributed by atoms with van der Waals surface area (Å²) in [5.74, 6) is 0.805. The highest BCUT2D eigenvalue weighted by molar-refractivity contribution is 4.83. The van der Waals surface area contributed by atoms with E-state index in [0.29, 0.717) is 11.5 Å². The molecule has 0 aromatic carbocycles. The molecule has 0 rings (SSSR count). The predicted molar refractivity (Wildman–Crippen MR) is 83.1 cm³/mol. The average Bonchev–Trinajstić information content (AvgIpc) is 2.34. The summed E-state index contributed by atoms with van der Waals surface area (Å²) in [6.45, 7) is 17.4. The minimum atomic E-state index is 0.437. The molecule has 2 nitrogen and oxygen atoms in total. The first-order valence-corrected chi connectivity index (χ1v) is 7.81. The lowest BCUT2D eigenvalue weighted by atomic mass is 9.81. The van der Waals surface area contributed by atoms with Gasteiger partial charge in [0.05, 0.1) is 0 Å². The summed E-state index contributed by atoms with van der Waals surface area (Å²) < 4.78 is 0. The van der Waals surface area contributed by atoms with Crippen molar-refractivity contribution in [3.63, 3.8) is 0 Å². The van der Waals surface area contributed by atoms with Crippen LogP contribution in [0.3, 0.4) is 0 Å². The fraction of sp³-hybridized carbons (Fsp3) is 1.00. The lowest BCUT2D eigenvalue weighted by Crippen LogP contribution is -2.44. The maximum absolute atomic E-state index is 3.63. The van der Waals surface area contributed by atoms with Crippen molar-refractivity contribution in [1.29, 1.82) is 0 Å². The number of nitrogens with zero attached hydrogens (tertiary/aromatic N) is 1. The van der Waals surface area contributed by atoms with Gasteiger partial charge in [-0.2, -0.15) is 0 Å². The van der Waals surface area contributed by atoms with Crippen LogP contribution in [0.2, 0.25) is 0 Å². The van der Waals surface area contributed by atoms with Gasteiger partial charge < -0.3 is 10.2 Å². The third-order valence-electron chi connectivity index (χ3n) is 4.31. The predicted octanol–water partition coefficient (Wildman–Crippen LogP) is 3.77.